The van der Waals surface area contributed by atoms with E-state index in [0.717, 1.165) is 51.3 Å². The average molecular weight is 271 g/mol. The highest BCUT2D eigenvalue weighted by atomic mass is 32.1. The van der Waals surface area contributed by atoms with Crippen LogP contribution in [-0.4, -0.2) is 42.9 Å². The van der Waals surface area contributed by atoms with Crippen molar-refractivity contribution >= 4 is 18.5 Å². The van der Waals surface area contributed by atoms with E-state index < -0.39 is 0 Å². The molecule has 0 saturated carbocycles. The van der Waals surface area contributed by atoms with Crippen LogP contribution in [0.1, 0.15) is 39.0 Å². The smallest absolute Gasteiger partial charge is 0.222 e. The summed E-state index contributed by atoms with van der Waals surface area (Å²) in [7, 11) is 0. The summed E-state index contributed by atoms with van der Waals surface area (Å²) in [6.45, 7) is 5.69. The number of thiol groups is 1. The molecule has 0 N–H and O–H groups in total. The molecular formula is C14H25NO2S. The number of rotatable bonds is 5. The Labute approximate surface area is 116 Å². The monoisotopic (exact) mass is 271 g/mol. The molecule has 0 aromatic heterocycles. The van der Waals surface area contributed by atoms with Gasteiger partial charge in [-0.3, -0.25) is 4.79 Å². The molecule has 1 amide bonds. The molecular weight excluding hydrogens is 246 g/mol. The molecule has 4 heteroatoms. The van der Waals surface area contributed by atoms with Crippen molar-refractivity contribution in [2.24, 2.45) is 11.3 Å². The van der Waals surface area contributed by atoms with E-state index in [-0.39, 0.29) is 5.41 Å². The molecule has 2 rings (SSSR count). The lowest BCUT2D eigenvalue weighted by atomic mass is 9.81. The van der Waals surface area contributed by atoms with Crippen LogP contribution in [0.5, 0.6) is 0 Å². The lowest BCUT2D eigenvalue weighted by molar-refractivity contribution is -0.129. The Balaban J connectivity index is 1.93. The van der Waals surface area contributed by atoms with Gasteiger partial charge in [0.1, 0.15) is 0 Å². The van der Waals surface area contributed by atoms with E-state index >= 15 is 0 Å². The van der Waals surface area contributed by atoms with Crippen molar-refractivity contribution in [3.05, 3.63) is 0 Å². The number of nitrogens with zero attached hydrogens (tertiary/aromatic N) is 1. The molecule has 2 aliphatic rings. The maximum atomic E-state index is 12.1. The lowest BCUT2D eigenvalue weighted by Crippen LogP contribution is -2.43. The van der Waals surface area contributed by atoms with E-state index in [4.69, 9.17) is 4.74 Å². The van der Waals surface area contributed by atoms with Gasteiger partial charge in [0.15, 0.2) is 0 Å². The van der Waals surface area contributed by atoms with E-state index in [2.05, 4.69) is 24.5 Å². The summed E-state index contributed by atoms with van der Waals surface area (Å²) in [5.74, 6) is 1.79. The third-order valence-electron chi connectivity index (χ3n) is 4.41. The van der Waals surface area contributed by atoms with Crippen LogP contribution in [0, 0.1) is 11.3 Å². The van der Waals surface area contributed by atoms with Crippen molar-refractivity contribution in [2.75, 3.05) is 32.1 Å². The molecule has 0 aromatic rings. The van der Waals surface area contributed by atoms with Gasteiger partial charge in [0.25, 0.3) is 0 Å². The van der Waals surface area contributed by atoms with Gasteiger partial charge in [-0.05, 0) is 30.9 Å². The van der Waals surface area contributed by atoms with E-state index in [1.165, 1.54) is 12.8 Å². The zero-order chi connectivity index (χ0) is 13.0. The van der Waals surface area contributed by atoms with Crippen molar-refractivity contribution in [3.8, 4) is 0 Å². The Morgan fingerprint density at radius 3 is 2.78 bits per heavy atom. The first-order chi connectivity index (χ1) is 8.69. The summed E-state index contributed by atoms with van der Waals surface area (Å²) in [6.07, 6.45) is 5.20. The van der Waals surface area contributed by atoms with Crippen LogP contribution < -0.4 is 0 Å². The second-order valence-corrected chi connectivity index (χ2v) is 6.22. The van der Waals surface area contributed by atoms with Crippen molar-refractivity contribution < 1.29 is 9.53 Å². The van der Waals surface area contributed by atoms with Gasteiger partial charge in [-0.25, -0.2) is 0 Å². The van der Waals surface area contributed by atoms with Crippen LogP contribution in [0.15, 0.2) is 0 Å². The van der Waals surface area contributed by atoms with Crippen LogP contribution in [0.25, 0.3) is 0 Å². The Hall–Kier alpha value is -0.220. The molecule has 2 heterocycles. The SMILES string of the molecule is CCCC1CC(=O)N(CC2(CS)CCOCC2)C1. The predicted octanol–water partition coefficient (Wildman–Crippen LogP) is 2.36. The first kappa shape index (κ1) is 14.2. The summed E-state index contributed by atoms with van der Waals surface area (Å²) in [6, 6.07) is 0. The van der Waals surface area contributed by atoms with E-state index in [9.17, 15) is 4.79 Å². The van der Waals surface area contributed by atoms with Crippen molar-refractivity contribution in [1.29, 1.82) is 0 Å². The molecule has 18 heavy (non-hydrogen) atoms. The van der Waals surface area contributed by atoms with Gasteiger partial charge in [-0.2, -0.15) is 12.6 Å². The summed E-state index contributed by atoms with van der Waals surface area (Å²) in [4.78, 5) is 14.1. The molecule has 0 bridgehead atoms. The van der Waals surface area contributed by atoms with Crippen molar-refractivity contribution in [2.45, 2.75) is 39.0 Å². The third kappa shape index (κ3) is 3.21. The number of hydrogen-bond donors (Lipinski definition) is 1. The molecule has 1 atom stereocenters. The molecule has 2 saturated heterocycles. The van der Waals surface area contributed by atoms with Crippen LogP contribution in [0.2, 0.25) is 0 Å². The summed E-state index contributed by atoms with van der Waals surface area (Å²) >= 11 is 4.52. The highest BCUT2D eigenvalue weighted by molar-refractivity contribution is 7.80. The molecule has 1 unspecified atom stereocenters. The number of likely N-dealkylation sites (tertiary alicyclic amines) is 1. The molecule has 0 spiro atoms. The fourth-order valence-corrected chi connectivity index (χ4v) is 3.60. The minimum absolute atomic E-state index is 0.193. The van der Waals surface area contributed by atoms with Gasteiger partial charge in [0.2, 0.25) is 5.91 Å². The Bertz CT molecular complexity index is 290. The number of hydrogen-bond acceptors (Lipinski definition) is 3. The standard InChI is InChI=1S/C14H25NO2S/c1-2-3-12-8-13(16)15(9-12)10-14(11-18)4-6-17-7-5-14/h12,18H,2-11H2,1H3. The van der Waals surface area contributed by atoms with E-state index in [1.54, 1.807) is 0 Å². The van der Waals surface area contributed by atoms with Crippen molar-refractivity contribution in [3.63, 3.8) is 0 Å². The minimum Gasteiger partial charge on any atom is -0.381 e. The molecule has 104 valence electrons. The molecule has 2 fully saturated rings. The predicted molar refractivity (Wildman–Crippen MR) is 75.9 cm³/mol. The van der Waals surface area contributed by atoms with Gasteiger partial charge >= 0.3 is 0 Å². The van der Waals surface area contributed by atoms with E-state index in [0.29, 0.717) is 11.8 Å². The maximum Gasteiger partial charge on any atom is 0.222 e. The first-order valence-corrected chi connectivity index (χ1v) is 7.79. The Kier molecular flexibility index (Phi) is 4.96. The molecule has 0 radical (unpaired) electrons. The summed E-state index contributed by atoms with van der Waals surface area (Å²) in [5.41, 5.74) is 0.193. The van der Waals surface area contributed by atoms with Crippen LogP contribution in [0.4, 0.5) is 0 Å². The molecule has 2 aliphatic heterocycles. The van der Waals surface area contributed by atoms with Crippen molar-refractivity contribution in [1.82, 2.24) is 4.90 Å². The first-order valence-electron chi connectivity index (χ1n) is 7.15. The summed E-state index contributed by atoms with van der Waals surface area (Å²) in [5, 5.41) is 0. The maximum absolute atomic E-state index is 12.1. The zero-order valence-corrected chi connectivity index (χ0v) is 12.3. The van der Waals surface area contributed by atoms with E-state index in [1.807, 2.05) is 0 Å². The quantitative estimate of drug-likeness (QED) is 0.778. The normalized spacial score (nSPS) is 27.8. The summed E-state index contributed by atoms with van der Waals surface area (Å²) < 4.78 is 5.44. The molecule has 0 aromatic carbocycles. The lowest BCUT2D eigenvalue weighted by Gasteiger charge is -2.39. The highest BCUT2D eigenvalue weighted by Crippen LogP contribution is 2.35. The molecule has 3 nitrogen and oxygen atoms in total. The third-order valence-corrected chi connectivity index (χ3v) is 5.08. The van der Waals surface area contributed by atoms with Crippen LogP contribution in [0.3, 0.4) is 0 Å². The average Bonchev–Trinajstić information content (AvgIpc) is 2.71. The van der Waals surface area contributed by atoms with Crippen LogP contribution in [-0.2, 0) is 9.53 Å². The number of amides is 1. The highest BCUT2D eigenvalue weighted by Gasteiger charge is 2.38. The van der Waals surface area contributed by atoms with Gasteiger partial charge in [0, 0.05) is 38.1 Å². The Morgan fingerprint density at radius 2 is 2.17 bits per heavy atom. The topological polar surface area (TPSA) is 29.5 Å². The minimum atomic E-state index is 0.193. The van der Waals surface area contributed by atoms with Gasteiger partial charge in [0.05, 0.1) is 0 Å². The van der Waals surface area contributed by atoms with Gasteiger partial charge < -0.3 is 9.64 Å². The van der Waals surface area contributed by atoms with Gasteiger partial charge in [-0.15, -0.1) is 0 Å². The fraction of sp³-hybridized carbons (Fsp3) is 0.929. The number of ether oxygens (including phenoxy) is 1. The second-order valence-electron chi connectivity index (χ2n) is 5.90. The van der Waals surface area contributed by atoms with Gasteiger partial charge in [-0.1, -0.05) is 13.3 Å². The van der Waals surface area contributed by atoms with Crippen LogP contribution >= 0.6 is 12.6 Å². The Morgan fingerprint density at radius 1 is 1.44 bits per heavy atom. The number of carbonyl (C=O) groups is 1. The number of carbonyl (C=O) groups excluding carboxylic acids is 1. The molecule has 0 aliphatic carbocycles. The second kappa shape index (κ2) is 6.29. The fourth-order valence-electron chi connectivity index (χ4n) is 3.18. The zero-order valence-electron chi connectivity index (χ0n) is 11.4. The largest absolute Gasteiger partial charge is 0.381 e.